The van der Waals surface area contributed by atoms with Crippen LogP contribution in [0.5, 0.6) is 0 Å². The summed E-state index contributed by atoms with van der Waals surface area (Å²) in [5, 5.41) is 4.69. The van der Waals surface area contributed by atoms with Gasteiger partial charge in [-0.25, -0.2) is 4.79 Å². The van der Waals surface area contributed by atoms with Crippen LogP contribution in [0.2, 0.25) is 0 Å². The van der Waals surface area contributed by atoms with Gasteiger partial charge in [0.1, 0.15) is 5.60 Å². The summed E-state index contributed by atoms with van der Waals surface area (Å²) in [7, 11) is 0. The number of hydrogen-bond acceptors (Lipinski definition) is 3. The van der Waals surface area contributed by atoms with Crippen molar-refractivity contribution in [3.63, 3.8) is 0 Å². The Labute approximate surface area is 107 Å². The summed E-state index contributed by atoms with van der Waals surface area (Å²) in [5.74, 6) is 0.628. The molecule has 0 aliphatic rings. The smallest absolute Gasteiger partial charge is 0.412 e. The summed E-state index contributed by atoms with van der Waals surface area (Å²) in [5.41, 5.74) is 0.362. The summed E-state index contributed by atoms with van der Waals surface area (Å²) in [4.78, 5) is 12.8. The molecular weight excluding hydrogens is 234 g/mol. The molecule has 1 aromatic heterocycles. The molecule has 0 bridgehead atoms. The third kappa shape index (κ3) is 5.73. The van der Waals surface area contributed by atoms with E-state index in [4.69, 9.17) is 4.74 Å². The van der Waals surface area contributed by atoms with Crippen LogP contribution in [-0.4, -0.2) is 11.7 Å². The molecule has 0 radical (unpaired) electrons. The van der Waals surface area contributed by atoms with Gasteiger partial charge in [0, 0.05) is 10.3 Å². The highest BCUT2D eigenvalue weighted by molar-refractivity contribution is 7.10. The lowest BCUT2D eigenvalue weighted by Crippen LogP contribution is -2.27. The minimum atomic E-state index is -0.457. The number of hydrogen-bond donors (Lipinski definition) is 1. The van der Waals surface area contributed by atoms with Gasteiger partial charge in [-0.15, -0.1) is 11.3 Å². The molecule has 0 aromatic carbocycles. The molecule has 4 heteroatoms. The normalized spacial score (nSPS) is 11.6. The second-order valence-electron chi connectivity index (χ2n) is 5.53. The Bertz CT molecular complexity index is 377. The number of carbonyl (C=O) groups excluding carboxylic acids is 1. The van der Waals surface area contributed by atoms with Crippen LogP contribution in [0.4, 0.5) is 10.5 Å². The van der Waals surface area contributed by atoms with Crippen molar-refractivity contribution in [2.45, 2.75) is 46.6 Å². The van der Waals surface area contributed by atoms with Crippen molar-refractivity contribution in [2.24, 2.45) is 5.92 Å². The zero-order valence-electron chi connectivity index (χ0n) is 11.2. The zero-order chi connectivity index (χ0) is 13.1. The number of carbonyl (C=O) groups is 1. The minimum absolute atomic E-state index is 0.397. The maximum absolute atomic E-state index is 11.5. The second kappa shape index (κ2) is 5.54. The SMILES string of the molecule is CC(C)Cc1cc(NC(=O)OC(C)(C)C)cs1. The van der Waals surface area contributed by atoms with Crippen LogP contribution in [0, 0.1) is 5.92 Å². The van der Waals surface area contributed by atoms with Gasteiger partial charge in [-0.05, 0) is 39.2 Å². The van der Waals surface area contributed by atoms with Gasteiger partial charge < -0.3 is 4.74 Å². The second-order valence-corrected chi connectivity index (χ2v) is 6.52. The van der Waals surface area contributed by atoms with Crippen molar-refractivity contribution >= 4 is 23.1 Å². The van der Waals surface area contributed by atoms with Crippen LogP contribution in [0.3, 0.4) is 0 Å². The predicted molar refractivity (Wildman–Crippen MR) is 72.7 cm³/mol. The van der Waals surface area contributed by atoms with Gasteiger partial charge in [-0.3, -0.25) is 5.32 Å². The number of thiophene rings is 1. The number of amides is 1. The topological polar surface area (TPSA) is 38.3 Å². The summed E-state index contributed by atoms with van der Waals surface area (Å²) >= 11 is 1.67. The fourth-order valence-corrected chi connectivity index (χ4v) is 2.41. The molecular formula is C13H21NO2S. The van der Waals surface area contributed by atoms with Gasteiger partial charge in [0.15, 0.2) is 0 Å². The van der Waals surface area contributed by atoms with Crippen LogP contribution in [0.1, 0.15) is 39.5 Å². The van der Waals surface area contributed by atoms with Crippen molar-refractivity contribution in [2.75, 3.05) is 5.32 Å². The highest BCUT2D eigenvalue weighted by Crippen LogP contribution is 2.22. The first-order chi connectivity index (χ1) is 7.76. The van der Waals surface area contributed by atoms with E-state index in [1.54, 1.807) is 11.3 Å². The van der Waals surface area contributed by atoms with E-state index in [0.717, 1.165) is 12.1 Å². The first-order valence-corrected chi connectivity index (χ1v) is 6.71. The standard InChI is InChI=1S/C13H21NO2S/c1-9(2)6-11-7-10(8-17-11)14-12(15)16-13(3,4)5/h7-9H,6H2,1-5H3,(H,14,15). The van der Waals surface area contributed by atoms with E-state index in [0.29, 0.717) is 5.92 Å². The van der Waals surface area contributed by atoms with E-state index in [2.05, 4.69) is 19.2 Å². The fraction of sp³-hybridized carbons (Fsp3) is 0.615. The lowest BCUT2D eigenvalue weighted by molar-refractivity contribution is 0.0636. The number of rotatable bonds is 3. The van der Waals surface area contributed by atoms with E-state index in [9.17, 15) is 4.79 Å². The molecule has 0 aliphatic heterocycles. The maximum atomic E-state index is 11.5. The van der Waals surface area contributed by atoms with E-state index in [-0.39, 0.29) is 0 Å². The average molecular weight is 255 g/mol. The summed E-state index contributed by atoms with van der Waals surface area (Å²) in [6.45, 7) is 9.92. The molecule has 1 rings (SSSR count). The largest absolute Gasteiger partial charge is 0.444 e. The lowest BCUT2D eigenvalue weighted by Gasteiger charge is -2.19. The average Bonchev–Trinajstić information content (AvgIpc) is 2.46. The maximum Gasteiger partial charge on any atom is 0.412 e. The van der Waals surface area contributed by atoms with Crippen LogP contribution >= 0.6 is 11.3 Å². The van der Waals surface area contributed by atoms with Gasteiger partial charge in [0.2, 0.25) is 0 Å². The number of anilines is 1. The first-order valence-electron chi connectivity index (χ1n) is 5.83. The Balaban J connectivity index is 2.52. The Kier molecular flexibility index (Phi) is 4.57. The monoisotopic (exact) mass is 255 g/mol. The van der Waals surface area contributed by atoms with Crippen LogP contribution in [0.15, 0.2) is 11.4 Å². The molecule has 0 unspecified atom stereocenters. The molecule has 1 heterocycles. The Morgan fingerprint density at radius 1 is 1.47 bits per heavy atom. The van der Waals surface area contributed by atoms with Gasteiger partial charge >= 0.3 is 6.09 Å². The van der Waals surface area contributed by atoms with E-state index in [1.165, 1.54) is 4.88 Å². The Morgan fingerprint density at radius 2 is 2.12 bits per heavy atom. The molecule has 0 spiro atoms. The third-order valence-corrected chi connectivity index (χ3v) is 2.87. The number of nitrogens with one attached hydrogen (secondary N) is 1. The Morgan fingerprint density at radius 3 is 2.65 bits per heavy atom. The quantitative estimate of drug-likeness (QED) is 0.874. The van der Waals surface area contributed by atoms with Crippen molar-refractivity contribution in [1.29, 1.82) is 0 Å². The van der Waals surface area contributed by atoms with Crippen molar-refractivity contribution < 1.29 is 9.53 Å². The minimum Gasteiger partial charge on any atom is -0.444 e. The van der Waals surface area contributed by atoms with Crippen LogP contribution < -0.4 is 5.32 Å². The molecule has 1 amide bonds. The van der Waals surface area contributed by atoms with E-state index >= 15 is 0 Å². The third-order valence-electron chi connectivity index (χ3n) is 1.91. The van der Waals surface area contributed by atoms with Gasteiger partial charge in [-0.1, -0.05) is 13.8 Å². The molecule has 1 aromatic rings. The van der Waals surface area contributed by atoms with Crippen molar-refractivity contribution in [3.05, 3.63) is 16.3 Å². The molecule has 17 heavy (non-hydrogen) atoms. The van der Waals surface area contributed by atoms with E-state index < -0.39 is 11.7 Å². The molecule has 0 saturated heterocycles. The zero-order valence-corrected chi connectivity index (χ0v) is 12.0. The molecule has 0 aliphatic carbocycles. The highest BCUT2D eigenvalue weighted by atomic mass is 32.1. The first kappa shape index (κ1) is 14.0. The summed E-state index contributed by atoms with van der Waals surface area (Å²) in [6.07, 6.45) is 0.645. The fourth-order valence-electron chi connectivity index (χ4n) is 1.38. The van der Waals surface area contributed by atoms with Gasteiger partial charge in [0.05, 0.1) is 5.69 Å². The molecule has 96 valence electrons. The van der Waals surface area contributed by atoms with Crippen molar-refractivity contribution in [3.8, 4) is 0 Å². The van der Waals surface area contributed by atoms with Gasteiger partial charge in [-0.2, -0.15) is 0 Å². The molecule has 1 N–H and O–H groups in total. The van der Waals surface area contributed by atoms with Crippen molar-refractivity contribution in [1.82, 2.24) is 0 Å². The molecule has 0 saturated carbocycles. The molecule has 3 nitrogen and oxygen atoms in total. The van der Waals surface area contributed by atoms with Gasteiger partial charge in [0.25, 0.3) is 0 Å². The Hall–Kier alpha value is -1.03. The lowest BCUT2D eigenvalue weighted by atomic mass is 10.1. The molecule has 0 fully saturated rings. The van der Waals surface area contributed by atoms with Crippen LogP contribution in [-0.2, 0) is 11.2 Å². The van der Waals surface area contributed by atoms with Crippen LogP contribution in [0.25, 0.3) is 0 Å². The molecule has 0 atom stereocenters. The summed E-state index contributed by atoms with van der Waals surface area (Å²) in [6, 6.07) is 2.01. The van der Waals surface area contributed by atoms with E-state index in [1.807, 2.05) is 32.2 Å². The summed E-state index contributed by atoms with van der Waals surface area (Å²) < 4.78 is 5.19. The number of ether oxygens (including phenoxy) is 1. The highest BCUT2D eigenvalue weighted by Gasteiger charge is 2.16. The predicted octanol–water partition coefficient (Wildman–Crippen LogP) is 4.29.